The lowest BCUT2D eigenvalue weighted by atomic mass is 9.91. The van der Waals surface area contributed by atoms with Crippen molar-refractivity contribution < 1.29 is 0 Å². The molecule has 2 rings (SSSR count). The summed E-state index contributed by atoms with van der Waals surface area (Å²) < 4.78 is 0.995. The molecule has 0 bridgehead atoms. The van der Waals surface area contributed by atoms with Gasteiger partial charge in [-0.05, 0) is 43.4 Å². The van der Waals surface area contributed by atoms with E-state index in [-0.39, 0.29) is 6.04 Å². The van der Waals surface area contributed by atoms with Crippen LogP contribution in [0.4, 0.5) is 0 Å². The molecule has 1 aromatic carbocycles. The van der Waals surface area contributed by atoms with Gasteiger partial charge in [0.2, 0.25) is 0 Å². The minimum Gasteiger partial charge on any atom is -0.321 e. The van der Waals surface area contributed by atoms with Crippen molar-refractivity contribution in [3.63, 3.8) is 0 Å². The van der Waals surface area contributed by atoms with Gasteiger partial charge in [0.25, 0.3) is 0 Å². The summed E-state index contributed by atoms with van der Waals surface area (Å²) in [7, 11) is 0. The third kappa shape index (κ3) is 3.59. The number of hydrogen-bond acceptors (Lipinski definition) is 1. The van der Waals surface area contributed by atoms with E-state index in [4.69, 9.17) is 17.3 Å². The van der Waals surface area contributed by atoms with Gasteiger partial charge >= 0.3 is 0 Å². The summed E-state index contributed by atoms with van der Waals surface area (Å²) in [6, 6.07) is 5.89. The van der Waals surface area contributed by atoms with Crippen LogP contribution in [0.5, 0.6) is 0 Å². The lowest BCUT2D eigenvalue weighted by Crippen LogP contribution is -2.14. The second-order valence-corrected chi connectivity index (χ2v) is 6.20. The number of nitrogens with two attached hydrogens (primary N) is 1. The van der Waals surface area contributed by atoms with E-state index in [1.807, 2.05) is 18.2 Å². The molecule has 0 radical (unpaired) electrons. The van der Waals surface area contributed by atoms with E-state index < -0.39 is 0 Å². The SMILES string of the molecule is NC(/C1=C/CCCCCC1)c1ccc(Br)cc1Cl. The number of hydrogen-bond donors (Lipinski definition) is 1. The summed E-state index contributed by atoms with van der Waals surface area (Å²) in [4.78, 5) is 0. The highest BCUT2D eigenvalue weighted by atomic mass is 79.9. The zero-order chi connectivity index (χ0) is 13.0. The van der Waals surface area contributed by atoms with Crippen molar-refractivity contribution in [2.45, 2.75) is 44.6 Å². The van der Waals surface area contributed by atoms with E-state index in [0.717, 1.165) is 27.9 Å². The standard InChI is InChI=1S/C15H19BrClN/c16-12-8-9-13(14(17)10-12)15(18)11-6-4-2-1-3-5-7-11/h6,8-10,15H,1-5,7,18H2/b11-6+. The van der Waals surface area contributed by atoms with Gasteiger partial charge in [-0.1, -0.05) is 58.1 Å². The van der Waals surface area contributed by atoms with Crippen LogP contribution in [0.1, 0.15) is 50.1 Å². The molecule has 0 fully saturated rings. The van der Waals surface area contributed by atoms with Crippen molar-refractivity contribution in [1.29, 1.82) is 0 Å². The topological polar surface area (TPSA) is 26.0 Å². The van der Waals surface area contributed by atoms with E-state index in [1.54, 1.807) is 0 Å². The Bertz CT molecular complexity index is 442. The summed E-state index contributed by atoms with van der Waals surface area (Å²) >= 11 is 9.70. The molecule has 0 heterocycles. The van der Waals surface area contributed by atoms with Crippen LogP contribution in [0.15, 0.2) is 34.3 Å². The van der Waals surface area contributed by atoms with Crippen molar-refractivity contribution >= 4 is 27.5 Å². The van der Waals surface area contributed by atoms with Gasteiger partial charge in [-0.3, -0.25) is 0 Å². The molecule has 1 aromatic rings. The van der Waals surface area contributed by atoms with Gasteiger partial charge in [-0.15, -0.1) is 0 Å². The fourth-order valence-corrected chi connectivity index (χ4v) is 3.24. The Morgan fingerprint density at radius 1 is 1.17 bits per heavy atom. The first-order valence-electron chi connectivity index (χ1n) is 6.58. The first-order chi connectivity index (χ1) is 8.68. The maximum atomic E-state index is 6.37. The fourth-order valence-electron chi connectivity index (χ4n) is 2.45. The van der Waals surface area contributed by atoms with E-state index in [2.05, 4.69) is 22.0 Å². The number of halogens is 2. The van der Waals surface area contributed by atoms with Crippen LogP contribution in [0, 0.1) is 0 Å². The quantitative estimate of drug-likeness (QED) is 0.724. The maximum Gasteiger partial charge on any atom is 0.0525 e. The van der Waals surface area contributed by atoms with Crippen LogP contribution in [-0.2, 0) is 0 Å². The summed E-state index contributed by atoms with van der Waals surface area (Å²) in [5, 5.41) is 0.750. The number of allylic oxidation sites excluding steroid dienone is 1. The molecular formula is C15H19BrClN. The Morgan fingerprint density at radius 3 is 2.72 bits per heavy atom. The molecule has 3 heteroatoms. The minimum absolute atomic E-state index is 0.0521. The molecule has 0 aliphatic heterocycles. The first kappa shape index (κ1) is 14.1. The van der Waals surface area contributed by atoms with Crippen molar-refractivity contribution in [3.05, 3.63) is 44.9 Å². The lowest BCUT2D eigenvalue weighted by molar-refractivity contribution is 0.602. The zero-order valence-electron chi connectivity index (χ0n) is 10.5. The van der Waals surface area contributed by atoms with Gasteiger partial charge in [-0.25, -0.2) is 0 Å². The Hall–Kier alpha value is -0.310. The van der Waals surface area contributed by atoms with Crippen LogP contribution >= 0.6 is 27.5 Å². The molecule has 1 nitrogen and oxygen atoms in total. The summed E-state index contributed by atoms with van der Waals surface area (Å²) in [6.45, 7) is 0. The number of rotatable bonds is 2. The molecule has 0 amide bonds. The highest BCUT2D eigenvalue weighted by Gasteiger charge is 2.15. The van der Waals surface area contributed by atoms with Gasteiger partial charge in [0, 0.05) is 9.50 Å². The molecule has 0 aromatic heterocycles. The average molecular weight is 329 g/mol. The van der Waals surface area contributed by atoms with Crippen molar-refractivity contribution in [1.82, 2.24) is 0 Å². The summed E-state index contributed by atoms with van der Waals surface area (Å²) in [5.41, 5.74) is 8.75. The predicted octanol–water partition coefficient (Wildman–Crippen LogP) is 5.38. The second-order valence-electron chi connectivity index (χ2n) is 4.88. The van der Waals surface area contributed by atoms with Crippen molar-refractivity contribution in [3.8, 4) is 0 Å². The lowest BCUT2D eigenvalue weighted by Gasteiger charge is -2.20. The highest BCUT2D eigenvalue weighted by molar-refractivity contribution is 9.10. The number of benzene rings is 1. The smallest absolute Gasteiger partial charge is 0.0525 e. The molecule has 1 aliphatic rings. The average Bonchev–Trinajstić information content (AvgIpc) is 2.27. The Kier molecular flexibility index (Phi) is 5.28. The third-order valence-electron chi connectivity index (χ3n) is 3.52. The molecule has 0 spiro atoms. The van der Waals surface area contributed by atoms with E-state index in [0.29, 0.717) is 0 Å². The molecule has 2 N–H and O–H groups in total. The van der Waals surface area contributed by atoms with E-state index >= 15 is 0 Å². The fraction of sp³-hybridized carbons (Fsp3) is 0.467. The zero-order valence-corrected chi connectivity index (χ0v) is 12.8. The molecule has 1 aliphatic carbocycles. The monoisotopic (exact) mass is 327 g/mol. The maximum absolute atomic E-state index is 6.37. The predicted molar refractivity (Wildman–Crippen MR) is 81.9 cm³/mol. The van der Waals surface area contributed by atoms with Gasteiger partial charge < -0.3 is 5.73 Å². The molecule has 18 heavy (non-hydrogen) atoms. The second kappa shape index (κ2) is 6.74. The molecule has 0 saturated carbocycles. The Balaban J connectivity index is 2.20. The summed E-state index contributed by atoms with van der Waals surface area (Å²) in [5.74, 6) is 0. The third-order valence-corrected chi connectivity index (χ3v) is 4.34. The molecule has 1 atom stereocenters. The van der Waals surface area contributed by atoms with Crippen LogP contribution in [0.2, 0.25) is 5.02 Å². The van der Waals surface area contributed by atoms with E-state index in [1.165, 1.54) is 31.3 Å². The minimum atomic E-state index is -0.0521. The first-order valence-corrected chi connectivity index (χ1v) is 7.75. The Morgan fingerprint density at radius 2 is 1.94 bits per heavy atom. The van der Waals surface area contributed by atoms with Gasteiger partial charge in [0.15, 0.2) is 0 Å². The van der Waals surface area contributed by atoms with Crippen LogP contribution in [0.3, 0.4) is 0 Å². The normalized spacial score (nSPS) is 21.6. The van der Waals surface area contributed by atoms with Gasteiger partial charge in [-0.2, -0.15) is 0 Å². The Labute approximate surface area is 123 Å². The molecule has 1 unspecified atom stereocenters. The molecule has 98 valence electrons. The molecule has 0 saturated heterocycles. The van der Waals surface area contributed by atoms with Crippen LogP contribution in [0.25, 0.3) is 0 Å². The van der Waals surface area contributed by atoms with Crippen molar-refractivity contribution in [2.75, 3.05) is 0 Å². The van der Waals surface area contributed by atoms with Gasteiger partial charge in [0.05, 0.1) is 6.04 Å². The van der Waals surface area contributed by atoms with Crippen LogP contribution < -0.4 is 5.73 Å². The van der Waals surface area contributed by atoms with E-state index in [9.17, 15) is 0 Å². The summed E-state index contributed by atoms with van der Waals surface area (Å²) in [6.07, 6.45) is 9.76. The highest BCUT2D eigenvalue weighted by Crippen LogP contribution is 2.32. The van der Waals surface area contributed by atoms with Crippen LogP contribution in [-0.4, -0.2) is 0 Å². The van der Waals surface area contributed by atoms with Gasteiger partial charge in [0.1, 0.15) is 0 Å². The molecular weight excluding hydrogens is 310 g/mol. The largest absolute Gasteiger partial charge is 0.321 e. The van der Waals surface area contributed by atoms with Crippen molar-refractivity contribution in [2.24, 2.45) is 5.73 Å².